The molecule has 0 aromatic carbocycles. The first-order valence-electron chi connectivity index (χ1n) is 6.10. The monoisotopic (exact) mass is 289 g/mol. The van der Waals surface area contributed by atoms with Crippen LogP contribution in [0.3, 0.4) is 0 Å². The van der Waals surface area contributed by atoms with Crippen molar-refractivity contribution in [3.05, 3.63) is 24.4 Å². The average Bonchev–Trinajstić information content (AvgIpc) is 2.98. The van der Waals surface area contributed by atoms with E-state index in [2.05, 4.69) is 17.0 Å². The van der Waals surface area contributed by atoms with Crippen LogP contribution in [0.4, 0.5) is 13.2 Å². The molecule has 20 heavy (non-hydrogen) atoms. The lowest BCUT2D eigenvalue weighted by molar-refractivity contribution is -0.141. The number of nitrogens with one attached hydrogen (secondary N) is 2. The van der Waals surface area contributed by atoms with E-state index in [-0.39, 0.29) is 23.9 Å². The van der Waals surface area contributed by atoms with Gasteiger partial charge in [-0.1, -0.05) is 6.58 Å². The van der Waals surface area contributed by atoms with Crippen LogP contribution in [0.5, 0.6) is 5.88 Å². The zero-order valence-corrected chi connectivity index (χ0v) is 10.5. The molecule has 2 N–H and O–H groups in total. The number of ether oxygens (including phenoxy) is 1. The van der Waals surface area contributed by atoms with Gasteiger partial charge in [0, 0.05) is 18.5 Å². The number of H-pyrrole nitrogens is 1. The number of carbonyl (C=O) groups is 1. The molecule has 0 spiro atoms. The first-order valence-corrected chi connectivity index (χ1v) is 6.10. The quantitative estimate of drug-likeness (QED) is 0.833. The van der Waals surface area contributed by atoms with Crippen molar-refractivity contribution in [1.82, 2.24) is 15.5 Å². The zero-order chi connectivity index (χ0) is 14.8. The van der Waals surface area contributed by atoms with Gasteiger partial charge in [0.15, 0.2) is 0 Å². The first-order chi connectivity index (χ1) is 9.38. The molecule has 0 aliphatic heterocycles. The third-order valence-electron chi connectivity index (χ3n) is 3.06. The Balaban J connectivity index is 1.87. The third-order valence-corrected chi connectivity index (χ3v) is 3.06. The highest BCUT2D eigenvalue weighted by Crippen LogP contribution is 2.30. The summed E-state index contributed by atoms with van der Waals surface area (Å²) < 4.78 is 42.5. The molecule has 0 saturated heterocycles. The molecule has 110 valence electrons. The minimum Gasteiger partial charge on any atom is -0.473 e. The fourth-order valence-corrected chi connectivity index (χ4v) is 2.12. The van der Waals surface area contributed by atoms with Crippen LogP contribution < -0.4 is 10.1 Å². The summed E-state index contributed by atoms with van der Waals surface area (Å²) in [6, 6.07) is 0.780. The SMILES string of the molecule is C=CC(=O)NC1CCC(Oc2cc(C(F)(F)F)[nH]n2)C1. The maximum atomic E-state index is 12.4. The molecule has 1 aromatic rings. The first kappa shape index (κ1) is 14.4. The number of rotatable bonds is 4. The number of hydrogen-bond donors (Lipinski definition) is 2. The number of hydrogen-bond acceptors (Lipinski definition) is 3. The molecule has 1 saturated carbocycles. The standard InChI is InChI=1S/C12H14F3N3O2/c1-2-10(19)16-7-3-4-8(5-7)20-11-6-9(17-18-11)12(13,14)15/h2,6-8H,1,3-5H2,(H,16,19)(H,17,18). The molecule has 2 atom stereocenters. The van der Waals surface area contributed by atoms with E-state index in [0.29, 0.717) is 19.3 Å². The molecule has 5 nitrogen and oxygen atoms in total. The predicted molar refractivity (Wildman–Crippen MR) is 64.0 cm³/mol. The molecule has 1 amide bonds. The van der Waals surface area contributed by atoms with Crippen molar-refractivity contribution in [1.29, 1.82) is 0 Å². The maximum absolute atomic E-state index is 12.4. The second kappa shape index (κ2) is 5.56. The summed E-state index contributed by atoms with van der Waals surface area (Å²) in [5, 5.41) is 8.10. The fourth-order valence-electron chi connectivity index (χ4n) is 2.12. The number of alkyl halides is 3. The van der Waals surface area contributed by atoms with Crippen LogP contribution in [0.1, 0.15) is 25.0 Å². The average molecular weight is 289 g/mol. The smallest absolute Gasteiger partial charge is 0.432 e. The van der Waals surface area contributed by atoms with E-state index in [1.165, 1.54) is 6.08 Å². The van der Waals surface area contributed by atoms with Crippen molar-refractivity contribution >= 4 is 5.91 Å². The molecule has 2 rings (SSSR count). The Morgan fingerprint density at radius 3 is 2.90 bits per heavy atom. The summed E-state index contributed by atoms with van der Waals surface area (Å²) in [5.41, 5.74) is -0.943. The van der Waals surface area contributed by atoms with Crippen LogP contribution in [0.15, 0.2) is 18.7 Å². The van der Waals surface area contributed by atoms with Gasteiger partial charge in [-0.25, -0.2) is 0 Å². The summed E-state index contributed by atoms with van der Waals surface area (Å²) in [6.45, 7) is 3.35. The highest BCUT2D eigenvalue weighted by molar-refractivity contribution is 5.87. The Kier molecular flexibility index (Phi) is 4.01. The Morgan fingerprint density at radius 2 is 2.30 bits per heavy atom. The van der Waals surface area contributed by atoms with Gasteiger partial charge in [0.1, 0.15) is 11.8 Å². The van der Waals surface area contributed by atoms with Crippen molar-refractivity contribution in [3.63, 3.8) is 0 Å². The molecule has 0 radical (unpaired) electrons. The summed E-state index contributed by atoms with van der Waals surface area (Å²) in [7, 11) is 0. The van der Waals surface area contributed by atoms with Gasteiger partial charge in [0.05, 0.1) is 0 Å². The zero-order valence-electron chi connectivity index (χ0n) is 10.5. The van der Waals surface area contributed by atoms with Gasteiger partial charge in [-0.05, 0) is 18.9 Å². The van der Waals surface area contributed by atoms with E-state index in [1.54, 1.807) is 0 Å². The van der Waals surface area contributed by atoms with E-state index in [1.807, 2.05) is 5.10 Å². The van der Waals surface area contributed by atoms with Crippen molar-refractivity contribution in [2.24, 2.45) is 0 Å². The van der Waals surface area contributed by atoms with Gasteiger partial charge in [-0.2, -0.15) is 13.2 Å². The van der Waals surface area contributed by atoms with Gasteiger partial charge in [-0.15, -0.1) is 5.10 Å². The largest absolute Gasteiger partial charge is 0.473 e. The van der Waals surface area contributed by atoms with Crippen molar-refractivity contribution < 1.29 is 22.7 Å². The van der Waals surface area contributed by atoms with Crippen LogP contribution in [0, 0.1) is 0 Å². The molecule has 1 aromatic heterocycles. The van der Waals surface area contributed by atoms with Crippen molar-refractivity contribution in [2.75, 3.05) is 0 Å². The minimum atomic E-state index is -4.47. The van der Waals surface area contributed by atoms with Gasteiger partial charge in [0.25, 0.3) is 0 Å². The highest BCUT2D eigenvalue weighted by atomic mass is 19.4. The maximum Gasteiger partial charge on any atom is 0.432 e. The molecule has 0 bridgehead atoms. The number of nitrogens with zero attached hydrogens (tertiary/aromatic N) is 1. The lowest BCUT2D eigenvalue weighted by Crippen LogP contribution is -2.32. The number of carbonyl (C=O) groups excluding carboxylic acids is 1. The van der Waals surface area contributed by atoms with Gasteiger partial charge >= 0.3 is 6.18 Å². The Morgan fingerprint density at radius 1 is 1.55 bits per heavy atom. The Labute approximate surface area is 113 Å². The lowest BCUT2D eigenvalue weighted by atomic mass is 10.2. The van der Waals surface area contributed by atoms with E-state index in [4.69, 9.17) is 4.74 Å². The molecule has 8 heteroatoms. The van der Waals surface area contributed by atoms with E-state index in [9.17, 15) is 18.0 Å². The topological polar surface area (TPSA) is 67.0 Å². The number of aromatic amines is 1. The highest BCUT2D eigenvalue weighted by Gasteiger charge is 2.34. The number of aromatic nitrogens is 2. The van der Waals surface area contributed by atoms with Gasteiger partial charge < -0.3 is 10.1 Å². The summed E-state index contributed by atoms with van der Waals surface area (Å²) in [6.07, 6.45) is -1.65. The second-order valence-electron chi connectivity index (χ2n) is 4.58. The molecule has 1 aliphatic carbocycles. The molecule has 1 fully saturated rings. The van der Waals surface area contributed by atoms with Crippen LogP contribution in [-0.4, -0.2) is 28.3 Å². The van der Waals surface area contributed by atoms with Gasteiger partial charge in [0.2, 0.25) is 11.8 Å². The molecular weight excluding hydrogens is 275 g/mol. The molecule has 1 heterocycles. The van der Waals surface area contributed by atoms with Crippen LogP contribution in [0.2, 0.25) is 0 Å². The second-order valence-corrected chi connectivity index (χ2v) is 4.58. The van der Waals surface area contributed by atoms with Crippen molar-refractivity contribution in [3.8, 4) is 5.88 Å². The number of halogens is 3. The summed E-state index contributed by atoms with van der Waals surface area (Å²) in [4.78, 5) is 11.1. The predicted octanol–water partition coefficient (Wildman–Crippen LogP) is 2.03. The van der Waals surface area contributed by atoms with Gasteiger partial charge in [-0.3, -0.25) is 9.89 Å². The number of amides is 1. The normalized spacial score (nSPS) is 22.6. The molecular formula is C12H14F3N3O2. The summed E-state index contributed by atoms with van der Waals surface area (Å²) >= 11 is 0. The fraction of sp³-hybridized carbons (Fsp3) is 0.500. The van der Waals surface area contributed by atoms with E-state index < -0.39 is 11.9 Å². The van der Waals surface area contributed by atoms with Crippen LogP contribution >= 0.6 is 0 Å². The summed E-state index contributed by atoms with van der Waals surface area (Å²) in [5.74, 6) is -0.354. The lowest BCUT2D eigenvalue weighted by Gasteiger charge is -2.12. The van der Waals surface area contributed by atoms with Crippen LogP contribution in [0.25, 0.3) is 0 Å². The minimum absolute atomic E-state index is 0.0495. The van der Waals surface area contributed by atoms with E-state index in [0.717, 1.165) is 6.07 Å². The Hall–Kier alpha value is -1.99. The van der Waals surface area contributed by atoms with E-state index >= 15 is 0 Å². The molecule has 1 aliphatic rings. The van der Waals surface area contributed by atoms with Crippen molar-refractivity contribution in [2.45, 2.75) is 37.6 Å². The van der Waals surface area contributed by atoms with Crippen LogP contribution in [-0.2, 0) is 11.0 Å². The third kappa shape index (κ3) is 3.52. The Bertz CT molecular complexity index is 498. The molecule has 2 unspecified atom stereocenters.